The molecule has 34 heavy (non-hydrogen) atoms. The molecule has 8 heteroatoms. The van der Waals surface area contributed by atoms with Crippen LogP contribution in [0.15, 0.2) is 48.5 Å². The van der Waals surface area contributed by atoms with Gasteiger partial charge in [-0.3, -0.25) is 14.5 Å². The Kier molecular flexibility index (Phi) is 6.34. The summed E-state index contributed by atoms with van der Waals surface area (Å²) >= 11 is 0. The molecular weight excluding hydrogens is 437 g/mol. The molecular formula is C26H30FN3O4. The normalized spacial score (nSPS) is 23.6. The first-order chi connectivity index (χ1) is 16.1. The number of benzene rings is 2. The van der Waals surface area contributed by atoms with E-state index in [9.17, 15) is 18.8 Å². The Morgan fingerprint density at radius 2 is 1.71 bits per heavy atom. The molecule has 2 fully saturated rings. The highest BCUT2D eigenvalue weighted by molar-refractivity contribution is 6.09. The van der Waals surface area contributed by atoms with Crippen LogP contribution in [0, 0.1) is 17.2 Å². The van der Waals surface area contributed by atoms with Crippen molar-refractivity contribution in [1.29, 1.82) is 0 Å². The Labute approximate surface area is 198 Å². The van der Waals surface area contributed by atoms with E-state index < -0.39 is 17.5 Å². The number of hydrogen-bond acceptors (Lipinski definition) is 4. The Morgan fingerprint density at radius 3 is 2.32 bits per heavy atom. The molecule has 4 rings (SSSR count). The van der Waals surface area contributed by atoms with Crippen molar-refractivity contribution >= 4 is 17.8 Å². The highest BCUT2D eigenvalue weighted by Crippen LogP contribution is 2.46. The van der Waals surface area contributed by atoms with Gasteiger partial charge in [-0.25, -0.2) is 9.18 Å². The van der Waals surface area contributed by atoms with E-state index in [1.54, 1.807) is 36.4 Å². The van der Waals surface area contributed by atoms with Crippen molar-refractivity contribution in [1.82, 2.24) is 15.5 Å². The predicted molar refractivity (Wildman–Crippen MR) is 125 cm³/mol. The van der Waals surface area contributed by atoms with E-state index in [0.717, 1.165) is 16.9 Å². The third kappa shape index (κ3) is 5.21. The first-order valence-electron chi connectivity index (χ1n) is 11.5. The molecule has 1 aliphatic heterocycles. The molecule has 1 spiro atoms. The lowest BCUT2D eigenvalue weighted by atomic mass is 9.64. The first kappa shape index (κ1) is 23.7. The van der Waals surface area contributed by atoms with Crippen LogP contribution in [0.4, 0.5) is 9.18 Å². The van der Waals surface area contributed by atoms with E-state index in [0.29, 0.717) is 30.3 Å². The molecule has 180 valence electrons. The van der Waals surface area contributed by atoms with Gasteiger partial charge < -0.3 is 15.4 Å². The number of amides is 4. The minimum absolute atomic E-state index is 0.0640. The Morgan fingerprint density at radius 1 is 1.09 bits per heavy atom. The van der Waals surface area contributed by atoms with E-state index in [-0.39, 0.29) is 30.2 Å². The second-order valence-electron chi connectivity index (χ2n) is 10.2. The van der Waals surface area contributed by atoms with Crippen molar-refractivity contribution < 1.29 is 23.5 Å². The molecule has 0 radical (unpaired) electrons. The third-order valence-corrected chi connectivity index (χ3v) is 6.39. The lowest BCUT2D eigenvalue weighted by Gasteiger charge is -2.43. The number of halogens is 1. The number of ether oxygens (including phenoxy) is 1. The summed E-state index contributed by atoms with van der Waals surface area (Å²) in [4.78, 5) is 39.3. The number of carbonyl (C=O) groups is 3. The minimum atomic E-state index is -0.918. The number of urea groups is 1. The quantitative estimate of drug-likeness (QED) is 0.618. The van der Waals surface area contributed by atoms with Crippen LogP contribution in [0.2, 0.25) is 0 Å². The monoisotopic (exact) mass is 467 g/mol. The Hall–Kier alpha value is -3.42. The van der Waals surface area contributed by atoms with Gasteiger partial charge in [0, 0.05) is 6.54 Å². The van der Waals surface area contributed by atoms with Gasteiger partial charge in [-0.2, -0.15) is 0 Å². The van der Waals surface area contributed by atoms with Crippen molar-refractivity contribution in [2.45, 2.75) is 52.1 Å². The maximum Gasteiger partial charge on any atom is 0.325 e. The number of nitrogens with one attached hydrogen (secondary N) is 2. The Balaban J connectivity index is 1.31. The number of hydrogen-bond donors (Lipinski definition) is 2. The molecule has 2 aliphatic rings. The van der Waals surface area contributed by atoms with Crippen LogP contribution < -0.4 is 15.4 Å². The third-order valence-electron chi connectivity index (χ3n) is 6.39. The molecule has 2 N–H and O–H groups in total. The molecule has 0 aromatic heterocycles. The number of nitrogens with zero attached hydrogens (tertiary/aromatic N) is 1. The molecule has 2 atom stereocenters. The SMILES string of the molecule is C[C@H]1CC(C)(C)C[C@]2(C1)NC(=O)N(CC(=O)NCc1ccc(Oc3ccc(F)cc3)cc1)C2=O. The maximum atomic E-state index is 13.2. The van der Waals surface area contributed by atoms with Gasteiger partial charge in [-0.05, 0) is 72.6 Å². The van der Waals surface area contributed by atoms with Gasteiger partial charge in [-0.15, -0.1) is 0 Å². The fourth-order valence-corrected chi connectivity index (χ4v) is 5.36. The van der Waals surface area contributed by atoms with Crippen LogP contribution in [-0.2, 0) is 16.1 Å². The summed E-state index contributed by atoms with van der Waals surface area (Å²) in [5.74, 6) is 0.348. The van der Waals surface area contributed by atoms with Gasteiger partial charge in [0.2, 0.25) is 5.91 Å². The van der Waals surface area contributed by atoms with E-state index >= 15 is 0 Å². The molecule has 1 aliphatic carbocycles. The van der Waals surface area contributed by atoms with Gasteiger partial charge in [0.25, 0.3) is 5.91 Å². The van der Waals surface area contributed by atoms with Crippen LogP contribution in [0.25, 0.3) is 0 Å². The van der Waals surface area contributed by atoms with Crippen molar-refractivity contribution in [2.24, 2.45) is 11.3 Å². The maximum absolute atomic E-state index is 13.2. The average Bonchev–Trinajstić information content (AvgIpc) is 2.96. The predicted octanol–water partition coefficient (Wildman–Crippen LogP) is 4.37. The van der Waals surface area contributed by atoms with Crippen molar-refractivity contribution in [3.8, 4) is 11.5 Å². The van der Waals surface area contributed by atoms with Gasteiger partial charge in [0.15, 0.2) is 0 Å². The lowest BCUT2D eigenvalue weighted by molar-refractivity contribution is -0.137. The van der Waals surface area contributed by atoms with Crippen LogP contribution in [0.3, 0.4) is 0 Å². The van der Waals surface area contributed by atoms with Gasteiger partial charge in [0.05, 0.1) is 0 Å². The number of carbonyl (C=O) groups excluding carboxylic acids is 3. The molecule has 4 amide bonds. The topological polar surface area (TPSA) is 87.7 Å². The summed E-state index contributed by atoms with van der Waals surface area (Å²) in [6.45, 7) is 6.24. The highest BCUT2D eigenvalue weighted by atomic mass is 19.1. The van der Waals surface area contributed by atoms with Crippen LogP contribution in [0.1, 0.15) is 45.6 Å². The molecule has 0 bridgehead atoms. The molecule has 1 heterocycles. The van der Waals surface area contributed by atoms with E-state index in [1.165, 1.54) is 12.1 Å². The molecule has 0 unspecified atom stereocenters. The summed E-state index contributed by atoms with van der Waals surface area (Å²) < 4.78 is 18.7. The first-order valence-corrected chi connectivity index (χ1v) is 11.5. The Bertz CT molecular complexity index is 1080. The lowest BCUT2D eigenvalue weighted by Crippen LogP contribution is -2.54. The van der Waals surface area contributed by atoms with Crippen molar-refractivity contribution in [2.75, 3.05) is 6.54 Å². The smallest absolute Gasteiger partial charge is 0.325 e. The highest BCUT2D eigenvalue weighted by Gasteiger charge is 2.56. The van der Waals surface area contributed by atoms with Crippen LogP contribution >= 0.6 is 0 Å². The molecule has 7 nitrogen and oxygen atoms in total. The average molecular weight is 468 g/mol. The van der Waals surface area contributed by atoms with Crippen LogP contribution in [0.5, 0.6) is 11.5 Å². The second-order valence-corrected chi connectivity index (χ2v) is 10.2. The van der Waals surface area contributed by atoms with Gasteiger partial charge in [-0.1, -0.05) is 32.9 Å². The molecule has 1 saturated heterocycles. The number of rotatable bonds is 6. The molecule has 2 aromatic rings. The van der Waals surface area contributed by atoms with Crippen molar-refractivity contribution in [3.05, 3.63) is 59.9 Å². The van der Waals surface area contributed by atoms with Crippen LogP contribution in [-0.4, -0.2) is 34.8 Å². The molecule has 1 saturated carbocycles. The standard InChI is InChI=1S/C26H30FN3O4/c1-17-12-25(2,3)16-26(13-17)23(32)30(24(33)29-26)15-22(31)28-14-18-4-8-20(9-5-18)34-21-10-6-19(27)7-11-21/h4-11,17H,12-16H2,1-3H3,(H,28,31)(H,29,33)/t17-,26-/m0/s1. The largest absolute Gasteiger partial charge is 0.457 e. The molecule has 2 aromatic carbocycles. The number of imide groups is 1. The second kappa shape index (κ2) is 9.08. The van der Waals surface area contributed by atoms with E-state index in [1.807, 2.05) is 0 Å². The van der Waals surface area contributed by atoms with Gasteiger partial charge in [0.1, 0.15) is 29.4 Å². The fourth-order valence-electron chi connectivity index (χ4n) is 5.36. The zero-order valence-corrected chi connectivity index (χ0v) is 19.7. The minimum Gasteiger partial charge on any atom is -0.457 e. The zero-order chi connectivity index (χ0) is 24.5. The van der Waals surface area contributed by atoms with Gasteiger partial charge >= 0.3 is 6.03 Å². The summed E-state index contributed by atoms with van der Waals surface area (Å²) in [6.07, 6.45) is 2.15. The van der Waals surface area contributed by atoms with E-state index in [2.05, 4.69) is 31.4 Å². The van der Waals surface area contributed by atoms with E-state index in [4.69, 9.17) is 4.74 Å². The summed E-state index contributed by atoms with van der Waals surface area (Å²) in [5, 5.41) is 5.65. The summed E-state index contributed by atoms with van der Waals surface area (Å²) in [7, 11) is 0. The van der Waals surface area contributed by atoms with Crippen molar-refractivity contribution in [3.63, 3.8) is 0 Å². The zero-order valence-electron chi connectivity index (χ0n) is 19.7. The fraction of sp³-hybridized carbons (Fsp3) is 0.423. The summed E-state index contributed by atoms with van der Waals surface area (Å²) in [6, 6.07) is 12.3. The summed E-state index contributed by atoms with van der Waals surface area (Å²) in [5.41, 5.74) is -0.152.